The summed E-state index contributed by atoms with van der Waals surface area (Å²) in [5, 5.41) is 13.2. The van der Waals surface area contributed by atoms with Gasteiger partial charge in [0.1, 0.15) is 0 Å². The molecule has 1 aromatic rings. The van der Waals surface area contributed by atoms with E-state index in [2.05, 4.69) is 5.32 Å². The Bertz CT molecular complexity index is 980. The number of carbonyl (C=O) groups is 4. The van der Waals surface area contributed by atoms with Crippen molar-refractivity contribution in [3.05, 3.63) is 23.8 Å². The minimum Gasteiger partial charge on any atom is -0.477 e. The van der Waals surface area contributed by atoms with Crippen LogP contribution in [0.5, 0.6) is 11.5 Å². The zero-order valence-electron chi connectivity index (χ0n) is 24.7. The third kappa shape index (κ3) is 11.4. The predicted molar refractivity (Wildman–Crippen MR) is 147 cm³/mol. The average Bonchev–Trinajstić information content (AvgIpc) is 2.89. The van der Waals surface area contributed by atoms with Crippen LogP contribution in [0, 0.1) is 11.8 Å². The number of rotatable bonds is 17. The van der Waals surface area contributed by atoms with Gasteiger partial charge in [-0.15, -0.1) is 0 Å². The van der Waals surface area contributed by atoms with Crippen LogP contribution in [0.1, 0.15) is 86.1 Å². The van der Waals surface area contributed by atoms with E-state index < -0.39 is 35.9 Å². The van der Waals surface area contributed by atoms with Crippen LogP contribution < -0.4 is 14.8 Å². The minimum absolute atomic E-state index is 0.0742. The molecule has 0 saturated heterocycles. The van der Waals surface area contributed by atoms with Crippen molar-refractivity contribution in [3.63, 3.8) is 0 Å². The highest BCUT2D eigenvalue weighted by molar-refractivity contribution is 5.83. The molecule has 1 rings (SSSR count). The molecule has 0 aliphatic rings. The Labute approximate surface area is 236 Å². The van der Waals surface area contributed by atoms with E-state index in [-0.39, 0.29) is 43.1 Å². The topological polar surface area (TPSA) is 147 Å². The molecule has 0 spiro atoms. The summed E-state index contributed by atoms with van der Waals surface area (Å²) in [5.74, 6) is -2.99. The van der Waals surface area contributed by atoms with Crippen LogP contribution in [-0.4, -0.2) is 54.3 Å². The smallest absolute Gasteiger partial charge is 0.477 e. The number of esters is 1. The molecule has 0 saturated carbocycles. The lowest BCUT2D eigenvalue weighted by Crippen LogP contribution is -2.60. The highest BCUT2D eigenvalue weighted by Gasteiger charge is 2.45. The van der Waals surface area contributed by atoms with E-state index in [4.69, 9.17) is 23.7 Å². The third-order valence-corrected chi connectivity index (χ3v) is 6.37. The second-order valence-corrected chi connectivity index (χ2v) is 10.1. The zero-order chi connectivity index (χ0) is 30.3. The number of aliphatic carboxylic acids is 1. The van der Waals surface area contributed by atoms with Gasteiger partial charge < -0.3 is 28.8 Å². The molecule has 0 fully saturated rings. The first-order valence-electron chi connectivity index (χ1n) is 13.9. The van der Waals surface area contributed by atoms with Gasteiger partial charge in [-0.25, -0.2) is 14.4 Å². The van der Waals surface area contributed by atoms with Gasteiger partial charge in [0.2, 0.25) is 0 Å². The molecule has 2 unspecified atom stereocenters. The summed E-state index contributed by atoms with van der Waals surface area (Å²) in [7, 11) is 0. The summed E-state index contributed by atoms with van der Waals surface area (Å²) in [4.78, 5) is 50.0. The Kier molecular flexibility index (Phi) is 15.1. The zero-order valence-corrected chi connectivity index (χ0v) is 24.7. The van der Waals surface area contributed by atoms with Crippen LogP contribution in [0.4, 0.5) is 9.59 Å². The lowest BCUT2D eigenvalue weighted by Gasteiger charge is -2.34. The SMILES string of the molecule is CCCCOC(=O)Oc1ccc(C[C@](NC(C)CC)(OC(=O)C(C)C(C)C)C(=O)O)cc1OC(=O)OCCCC. The molecule has 0 aliphatic heterocycles. The first-order chi connectivity index (χ1) is 18.9. The van der Waals surface area contributed by atoms with Gasteiger partial charge in [0.25, 0.3) is 5.72 Å². The second kappa shape index (κ2) is 17.4. The van der Waals surface area contributed by atoms with Gasteiger partial charge in [-0.2, -0.15) is 0 Å². The monoisotopic (exact) mass is 567 g/mol. The molecule has 226 valence electrons. The van der Waals surface area contributed by atoms with E-state index in [1.807, 2.05) is 34.6 Å². The summed E-state index contributed by atoms with van der Waals surface area (Å²) >= 11 is 0. The van der Waals surface area contributed by atoms with E-state index in [0.29, 0.717) is 24.8 Å². The molecule has 11 heteroatoms. The number of hydrogen-bond donors (Lipinski definition) is 2. The maximum atomic E-state index is 12.9. The van der Waals surface area contributed by atoms with Crippen LogP contribution in [-0.2, 0) is 30.2 Å². The fourth-order valence-electron chi connectivity index (χ4n) is 3.29. The molecule has 2 N–H and O–H groups in total. The Hall–Kier alpha value is -3.34. The molecular weight excluding hydrogens is 522 g/mol. The molecule has 40 heavy (non-hydrogen) atoms. The van der Waals surface area contributed by atoms with Gasteiger partial charge in [0, 0.05) is 12.5 Å². The summed E-state index contributed by atoms with van der Waals surface area (Å²) in [6.07, 6.45) is 1.14. The van der Waals surface area contributed by atoms with Crippen molar-refractivity contribution < 1.29 is 48.0 Å². The predicted octanol–water partition coefficient (Wildman–Crippen LogP) is 5.86. The number of unbranched alkanes of at least 4 members (excludes halogenated alkanes) is 2. The van der Waals surface area contributed by atoms with Crippen LogP contribution in [0.15, 0.2) is 18.2 Å². The standard InChI is InChI=1S/C29H45NO10/c1-8-11-15-36-27(34)38-23-14-13-22(17-24(23)39-28(35)37-16-12-9-2)18-29(26(32)33,30-20(6)10-3)40-25(31)21(7)19(4)5/h13-14,17,19-21,30H,8-12,15-16,18H2,1-7H3,(H,32,33)/t20?,21?,29-/m0/s1. The van der Waals surface area contributed by atoms with E-state index in [0.717, 1.165) is 12.8 Å². The fourth-order valence-corrected chi connectivity index (χ4v) is 3.29. The minimum atomic E-state index is -2.12. The van der Waals surface area contributed by atoms with Crippen molar-refractivity contribution in [1.29, 1.82) is 0 Å². The van der Waals surface area contributed by atoms with E-state index >= 15 is 0 Å². The van der Waals surface area contributed by atoms with Crippen molar-refractivity contribution in [3.8, 4) is 11.5 Å². The Balaban J connectivity index is 3.42. The van der Waals surface area contributed by atoms with Crippen LogP contribution in [0.2, 0.25) is 0 Å². The third-order valence-electron chi connectivity index (χ3n) is 6.37. The molecule has 0 aliphatic carbocycles. The molecule has 11 nitrogen and oxygen atoms in total. The van der Waals surface area contributed by atoms with Crippen LogP contribution >= 0.6 is 0 Å². The Morgan fingerprint density at radius 1 is 0.875 bits per heavy atom. The normalized spacial score (nSPS) is 14.0. The summed E-state index contributed by atoms with van der Waals surface area (Å²) in [5.41, 5.74) is -1.79. The highest BCUT2D eigenvalue weighted by atomic mass is 16.7. The van der Waals surface area contributed by atoms with Crippen LogP contribution in [0.25, 0.3) is 0 Å². The van der Waals surface area contributed by atoms with Crippen molar-refractivity contribution in [2.75, 3.05) is 13.2 Å². The molecule has 0 heterocycles. The number of hydrogen-bond acceptors (Lipinski definition) is 10. The summed E-state index contributed by atoms with van der Waals surface area (Å²) in [6, 6.07) is 3.85. The summed E-state index contributed by atoms with van der Waals surface area (Å²) in [6.45, 7) is 13.2. The first kappa shape index (κ1) is 34.7. The Morgan fingerprint density at radius 3 is 1.90 bits per heavy atom. The maximum absolute atomic E-state index is 12.9. The maximum Gasteiger partial charge on any atom is 0.513 e. The van der Waals surface area contributed by atoms with Crippen molar-refractivity contribution >= 4 is 24.2 Å². The van der Waals surface area contributed by atoms with Gasteiger partial charge in [0.15, 0.2) is 11.5 Å². The van der Waals surface area contributed by atoms with Gasteiger partial charge in [-0.05, 0) is 49.8 Å². The second-order valence-electron chi connectivity index (χ2n) is 10.1. The van der Waals surface area contributed by atoms with Gasteiger partial charge >= 0.3 is 24.2 Å². The van der Waals surface area contributed by atoms with Crippen molar-refractivity contribution in [2.24, 2.45) is 11.8 Å². The number of benzene rings is 1. The molecule has 0 amide bonds. The lowest BCUT2D eigenvalue weighted by molar-refractivity contribution is -0.188. The van der Waals surface area contributed by atoms with Gasteiger partial charge in [-0.1, -0.05) is 60.5 Å². The summed E-state index contributed by atoms with van der Waals surface area (Å²) < 4.78 is 26.3. The number of carboxylic acids is 1. The van der Waals surface area contributed by atoms with Crippen molar-refractivity contribution in [1.82, 2.24) is 5.32 Å². The van der Waals surface area contributed by atoms with Crippen LogP contribution in [0.3, 0.4) is 0 Å². The number of ether oxygens (including phenoxy) is 5. The van der Waals surface area contributed by atoms with E-state index in [1.54, 1.807) is 13.8 Å². The number of carboxylic acid groups (broad SMARTS) is 1. The number of nitrogens with one attached hydrogen (secondary N) is 1. The molecular formula is C29H45NO10. The molecule has 0 bridgehead atoms. The highest BCUT2D eigenvalue weighted by Crippen LogP contribution is 2.32. The van der Waals surface area contributed by atoms with E-state index in [9.17, 15) is 24.3 Å². The molecule has 3 atom stereocenters. The average molecular weight is 568 g/mol. The van der Waals surface area contributed by atoms with Gasteiger partial charge in [0.05, 0.1) is 19.1 Å². The first-order valence-corrected chi connectivity index (χ1v) is 13.9. The van der Waals surface area contributed by atoms with E-state index in [1.165, 1.54) is 18.2 Å². The quantitative estimate of drug-likeness (QED) is 0.0766. The molecule has 0 radical (unpaired) electrons. The fraction of sp³-hybridized carbons (Fsp3) is 0.655. The molecule has 1 aromatic carbocycles. The Morgan fingerprint density at radius 2 is 1.43 bits per heavy atom. The molecule has 0 aromatic heterocycles. The number of carbonyl (C=O) groups excluding carboxylic acids is 3. The van der Waals surface area contributed by atoms with Crippen molar-refractivity contribution in [2.45, 2.75) is 98.8 Å². The largest absolute Gasteiger partial charge is 0.513 e. The van der Waals surface area contributed by atoms with Gasteiger partial charge in [-0.3, -0.25) is 10.1 Å². The lowest BCUT2D eigenvalue weighted by atomic mass is 9.97.